The average Bonchev–Trinajstić information content (AvgIpc) is 2.72. The normalized spacial score (nSPS) is 10.3. The van der Waals surface area contributed by atoms with Crippen molar-refractivity contribution in [2.75, 3.05) is 7.11 Å². The molecule has 0 N–H and O–H groups in total. The lowest BCUT2D eigenvalue weighted by Crippen LogP contribution is -1.93. The Hall–Kier alpha value is -1.42. The van der Waals surface area contributed by atoms with Crippen LogP contribution in [-0.4, -0.2) is 16.9 Å². The van der Waals surface area contributed by atoms with Crippen LogP contribution in [-0.2, 0) is 0 Å². The zero-order valence-corrected chi connectivity index (χ0v) is 7.65. The molecule has 2 rings (SSSR count). The van der Waals surface area contributed by atoms with Gasteiger partial charge in [-0.1, -0.05) is 11.6 Å². The fraction of sp³-hybridized carbons (Fsp3) is 0.125. The quantitative estimate of drug-likeness (QED) is 0.742. The molecule has 5 heteroatoms. The van der Waals surface area contributed by atoms with Crippen molar-refractivity contribution in [2.24, 2.45) is 0 Å². The summed E-state index contributed by atoms with van der Waals surface area (Å²) in [7, 11) is 1.54. The Morgan fingerprint density at radius 3 is 3.00 bits per heavy atom. The first-order valence-electron chi connectivity index (χ1n) is 3.64. The van der Waals surface area contributed by atoms with Gasteiger partial charge < -0.3 is 9.15 Å². The van der Waals surface area contributed by atoms with Gasteiger partial charge in [-0.3, -0.25) is 0 Å². The van der Waals surface area contributed by atoms with Gasteiger partial charge in [0.05, 0.1) is 19.6 Å². The van der Waals surface area contributed by atoms with Gasteiger partial charge in [0.15, 0.2) is 10.9 Å². The summed E-state index contributed by atoms with van der Waals surface area (Å²) in [5.41, 5.74) is 0. The van der Waals surface area contributed by atoms with Gasteiger partial charge >= 0.3 is 0 Å². The third-order valence-corrected chi connectivity index (χ3v) is 1.96. The minimum atomic E-state index is 0.400. The van der Waals surface area contributed by atoms with Crippen molar-refractivity contribution < 1.29 is 9.15 Å². The van der Waals surface area contributed by atoms with Crippen LogP contribution in [0.1, 0.15) is 0 Å². The summed E-state index contributed by atoms with van der Waals surface area (Å²) in [6, 6.07) is 3.53. The molecular weight excluding hydrogens is 192 g/mol. The van der Waals surface area contributed by atoms with Crippen LogP contribution in [0.4, 0.5) is 0 Å². The molecule has 0 unspecified atom stereocenters. The van der Waals surface area contributed by atoms with E-state index in [1.807, 2.05) is 0 Å². The lowest BCUT2D eigenvalue weighted by Gasteiger charge is -1.97. The van der Waals surface area contributed by atoms with Crippen LogP contribution >= 0.6 is 11.6 Å². The molecule has 0 fully saturated rings. The number of ether oxygens (including phenoxy) is 1. The maximum Gasteiger partial charge on any atom is 0.221 e. The molecule has 0 saturated carbocycles. The molecule has 2 aromatic rings. The maximum atomic E-state index is 5.93. The minimum Gasteiger partial charge on any atom is -0.492 e. The summed E-state index contributed by atoms with van der Waals surface area (Å²) in [4.78, 5) is 0. The Bertz CT molecular complexity index is 394. The molecule has 0 bridgehead atoms. The van der Waals surface area contributed by atoms with Crippen LogP contribution in [0.3, 0.4) is 0 Å². The standard InChI is InChI=1S/C8H7ClN2O2/c1-12-6-5-10-11(8(6)9)7-3-2-4-13-7/h2-5H,1H3. The zero-order chi connectivity index (χ0) is 9.26. The number of rotatable bonds is 2. The van der Waals surface area contributed by atoms with E-state index in [0.717, 1.165) is 0 Å². The summed E-state index contributed by atoms with van der Waals surface area (Å²) < 4.78 is 11.5. The molecule has 2 heterocycles. The van der Waals surface area contributed by atoms with Crippen LogP contribution in [0.15, 0.2) is 29.0 Å². The number of hydrogen-bond acceptors (Lipinski definition) is 3. The van der Waals surface area contributed by atoms with Gasteiger partial charge in [0.2, 0.25) is 5.88 Å². The summed E-state index contributed by atoms with van der Waals surface area (Å²) in [6.07, 6.45) is 3.09. The number of hydrogen-bond donors (Lipinski definition) is 0. The molecule has 0 spiro atoms. The largest absolute Gasteiger partial charge is 0.492 e. The van der Waals surface area contributed by atoms with Crippen molar-refractivity contribution in [3.05, 3.63) is 29.7 Å². The van der Waals surface area contributed by atoms with E-state index in [0.29, 0.717) is 16.8 Å². The monoisotopic (exact) mass is 198 g/mol. The van der Waals surface area contributed by atoms with Gasteiger partial charge in [-0.15, -0.1) is 0 Å². The van der Waals surface area contributed by atoms with Crippen LogP contribution in [0.5, 0.6) is 5.75 Å². The highest BCUT2D eigenvalue weighted by molar-refractivity contribution is 6.31. The fourth-order valence-corrected chi connectivity index (χ4v) is 1.25. The van der Waals surface area contributed by atoms with Crippen molar-refractivity contribution in [3.63, 3.8) is 0 Å². The zero-order valence-electron chi connectivity index (χ0n) is 6.90. The van der Waals surface area contributed by atoms with Gasteiger partial charge in [0.1, 0.15) is 0 Å². The molecule has 0 atom stereocenters. The highest BCUT2D eigenvalue weighted by atomic mass is 35.5. The Morgan fingerprint density at radius 1 is 1.62 bits per heavy atom. The minimum absolute atomic E-state index is 0.400. The number of aromatic nitrogens is 2. The SMILES string of the molecule is COc1cnn(-c2ccco2)c1Cl. The van der Waals surface area contributed by atoms with Gasteiger partial charge in [0, 0.05) is 6.07 Å². The van der Waals surface area contributed by atoms with Crippen molar-refractivity contribution >= 4 is 11.6 Å². The Morgan fingerprint density at radius 2 is 2.46 bits per heavy atom. The second-order valence-corrected chi connectivity index (χ2v) is 2.72. The second-order valence-electron chi connectivity index (χ2n) is 2.37. The van der Waals surface area contributed by atoms with E-state index in [-0.39, 0.29) is 0 Å². The highest BCUT2D eigenvalue weighted by Gasteiger charge is 2.11. The van der Waals surface area contributed by atoms with Gasteiger partial charge in [-0.2, -0.15) is 9.78 Å². The van der Waals surface area contributed by atoms with E-state index >= 15 is 0 Å². The van der Waals surface area contributed by atoms with Crippen LogP contribution in [0, 0.1) is 0 Å². The molecule has 0 aliphatic heterocycles. The second kappa shape index (κ2) is 3.14. The van der Waals surface area contributed by atoms with Crippen molar-refractivity contribution in [1.82, 2.24) is 9.78 Å². The molecule has 0 aliphatic carbocycles. The maximum absolute atomic E-state index is 5.93. The summed E-state index contributed by atoms with van der Waals surface area (Å²) in [5.74, 6) is 1.09. The van der Waals surface area contributed by atoms with E-state index in [2.05, 4.69) is 5.10 Å². The number of halogens is 1. The Balaban J connectivity index is 2.48. The topological polar surface area (TPSA) is 40.2 Å². The first-order valence-corrected chi connectivity index (χ1v) is 4.02. The van der Waals surface area contributed by atoms with Gasteiger partial charge in [-0.25, -0.2) is 0 Å². The van der Waals surface area contributed by atoms with E-state index in [1.165, 1.54) is 18.0 Å². The first kappa shape index (κ1) is 8.19. The molecule has 0 radical (unpaired) electrons. The fourth-order valence-electron chi connectivity index (χ4n) is 0.999. The molecule has 0 aromatic carbocycles. The van der Waals surface area contributed by atoms with Gasteiger partial charge in [0.25, 0.3) is 0 Å². The van der Waals surface area contributed by atoms with Crippen molar-refractivity contribution in [1.29, 1.82) is 0 Å². The van der Waals surface area contributed by atoms with E-state index in [4.69, 9.17) is 20.8 Å². The molecule has 0 amide bonds. The molecule has 4 nitrogen and oxygen atoms in total. The number of methoxy groups -OCH3 is 1. The molecule has 68 valence electrons. The number of furan rings is 1. The molecule has 2 aromatic heterocycles. The third-order valence-electron chi connectivity index (χ3n) is 1.61. The van der Waals surface area contributed by atoms with E-state index in [9.17, 15) is 0 Å². The molecule has 13 heavy (non-hydrogen) atoms. The van der Waals surface area contributed by atoms with E-state index < -0.39 is 0 Å². The van der Waals surface area contributed by atoms with Crippen LogP contribution in [0.2, 0.25) is 5.15 Å². The lowest BCUT2D eigenvalue weighted by atomic mass is 10.6. The highest BCUT2D eigenvalue weighted by Crippen LogP contribution is 2.25. The number of nitrogens with zero attached hydrogens (tertiary/aromatic N) is 2. The summed E-state index contributed by atoms with van der Waals surface area (Å²) in [6.45, 7) is 0. The summed E-state index contributed by atoms with van der Waals surface area (Å²) in [5, 5.41) is 4.40. The van der Waals surface area contributed by atoms with Crippen LogP contribution < -0.4 is 4.74 Å². The molecular formula is C8H7ClN2O2. The molecule has 0 aliphatic rings. The van der Waals surface area contributed by atoms with E-state index in [1.54, 1.807) is 18.4 Å². The lowest BCUT2D eigenvalue weighted by molar-refractivity contribution is 0.414. The Kier molecular flexibility index (Phi) is 1.98. The Labute approximate surface area is 79.7 Å². The first-order chi connectivity index (χ1) is 6.33. The third kappa shape index (κ3) is 1.29. The molecule has 0 saturated heterocycles. The van der Waals surface area contributed by atoms with Crippen molar-refractivity contribution in [2.45, 2.75) is 0 Å². The predicted molar refractivity (Wildman–Crippen MR) is 47.4 cm³/mol. The smallest absolute Gasteiger partial charge is 0.221 e. The average molecular weight is 199 g/mol. The predicted octanol–water partition coefficient (Wildman–Crippen LogP) is 2.13. The van der Waals surface area contributed by atoms with Gasteiger partial charge in [-0.05, 0) is 6.07 Å². The van der Waals surface area contributed by atoms with Crippen LogP contribution in [0.25, 0.3) is 5.88 Å². The van der Waals surface area contributed by atoms with Crippen molar-refractivity contribution in [3.8, 4) is 11.6 Å². The summed E-state index contributed by atoms with van der Waals surface area (Å²) >= 11 is 5.93.